The fourth-order valence-electron chi connectivity index (χ4n) is 3.83. The molecule has 1 atom stereocenters. The van der Waals surface area contributed by atoms with Crippen molar-refractivity contribution in [1.82, 2.24) is 9.62 Å². The van der Waals surface area contributed by atoms with E-state index in [4.69, 9.17) is 16.3 Å². The van der Waals surface area contributed by atoms with Crippen molar-refractivity contribution in [3.63, 3.8) is 0 Å². The van der Waals surface area contributed by atoms with E-state index in [1.807, 2.05) is 31.2 Å². The number of hydrogen-bond donors (Lipinski definition) is 1. The number of nitrogens with one attached hydrogen (secondary N) is 1. The van der Waals surface area contributed by atoms with Crippen molar-refractivity contribution in [2.24, 2.45) is 5.92 Å². The molecule has 1 fully saturated rings. The summed E-state index contributed by atoms with van der Waals surface area (Å²) in [6.07, 6.45) is 1.81. The van der Waals surface area contributed by atoms with Crippen molar-refractivity contribution in [3.8, 4) is 5.75 Å². The first kappa shape index (κ1) is 23.6. The minimum absolute atomic E-state index is 0.0163. The Morgan fingerprint density at radius 1 is 1.13 bits per heavy atom. The third-order valence-electron chi connectivity index (χ3n) is 5.72. The van der Waals surface area contributed by atoms with Gasteiger partial charge >= 0.3 is 0 Å². The van der Waals surface area contributed by atoms with Crippen LogP contribution in [0.1, 0.15) is 43.4 Å². The van der Waals surface area contributed by atoms with E-state index in [-0.39, 0.29) is 23.6 Å². The summed E-state index contributed by atoms with van der Waals surface area (Å²) < 4.78 is 32.2. The molecule has 2 aromatic carbocycles. The van der Waals surface area contributed by atoms with Gasteiger partial charge in [0.2, 0.25) is 15.9 Å². The van der Waals surface area contributed by atoms with Crippen LogP contribution in [0, 0.1) is 5.92 Å². The summed E-state index contributed by atoms with van der Waals surface area (Å²) in [5.74, 6) is 0.514. The number of sulfonamides is 1. The van der Waals surface area contributed by atoms with Crippen LogP contribution in [0.5, 0.6) is 5.75 Å². The Bertz CT molecular complexity index is 970. The molecule has 6 nitrogen and oxygen atoms in total. The van der Waals surface area contributed by atoms with Crippen LogP contribution < -0.4 is 10.1 Å². The van der Waals surface area contributed by atoms with Crippen LogP contribution in [0.4, 0.5) is 0 Å². The molecule has 0 radical (unpaired) electrons. The number of piperidine rings is 1. The number of benzene rings is 2. The number of rotatable bonds is 8. The highest BCUT2D eigenvalue weighted by molar-refractivity contribution is 7.88. The molecule has 1 aliphatic rings. The van der Waals surface area contributed by atoms with E-state index in [2.05, 4.69) is 5.32 Å². The zero-order chi connectivity index (χ0) is 22.4. The highest BCUT2D eigenvalue weighted by atomic mass is 35.5. The van der Waals surface area contributed by atoms with Gasteiger partial charge in [0.15, 0.2) is 0 Å². The van der Waals surface area contributed by atoms with Crippen LogP contribution in [-0.4, -0.2) is 38.8 Å². The van der Waals surface area contributed by atoms with E-state index in [1.54, 1.807) is 31.4 Å². The smallest absolute Gasteiger partial charge is 0.223 e. The standard InChI is InChI=1S/C23H29ClN2O4S/c1-3-22(18-6-10-21(30-2)11-7-18)25-23(27)19-12-14-26(15-13-19)31(28,29)16-17-4-8-20(24)9-5-17/h4-11,19,22H,3,12-16H2,1-2H3,(H,25,27)/t22-/m0/s1. The largest absolute Gasteiger partial charge is 0.497 e. The van der Waals surface area contributed by atoms with Crippen molar-refractivity contribution in [2.45, 2.75) is 38.0 Å². The maximum atomic E-state index is 12.8. The first-order chi connectivity index (χ1) is 14.8. The molecule has 3 rings (SSSR count). The van der Waals surface area contributed by atoms with Crippen LogP contribution in [-0.2, 0) is 20.6 Å². The van der Waals surface area contributed by atoms with Crippen LogP contribution in [0.3, 0.4) is 0 Å². The SMILES string of the molecule is CC[C@H](NC(=O)C1CCN(S(=O)(=O)Cc2ccc(Cl)cc2)CC1)c1ccc(OC)cc1. The van der Waals surface area contributed by atoms with E-state index in [1.165, 1.54) is 4.31 Å². The lowest BCUT2D eigenvalue weighted by atomic mass is 9.95. The molecule has 1 saturated heterocycles. The zero-order valence-electron chi connectivity index (χ0n) is 17.9. The molecule has 0 aliphatic carbocycles. The Labute approximate surface area is 189 Å². The summed E-state index contributed by atoms with van der Waals surface area (Å²) in [5, 5.41) is 3.71. The number of hydrogen-bond acceptors (Lipinski definition) is 4. The molecule has 8 heteroatoms. The summed E-state index contributed by atoms with van der Waals surface area (Å²) >= 11 is 5.87. The number of halogens is 1. The molecular weight excluding hydrogens is 436 g/mol. The molecule has 0 aromatic heterocycles. The second-order valence-electron chi connectivity index (χ2n) is 7.80. The second kappa shape index (κ2) is 10.5. The minimum Gasteiger partial charge on any atom is -0.497 e. The number of ether oxygens (including phenoxy) is 1. The first-order valence-electron chi connectivity index (χ1n) is 10.5. The van der Waals surface area contributed by atoms with E-state index in [0.29, 0.717) is 36.5 Å². The maximum Gasteiger partial charge on any atom is 0.223 e. The number of nitrogens with zero attached hydrogens (tertiary/aromatic N) is 1. The Balaban J connectivity index is 1.55. The third kappa shape index (κ3) is 6.21. The third-order valence-corrected chi connectivity index (χ3v) is 7.83. The van der Waals surface area contributed by atoms with Crippen molar-refractivity contribution in [2.75, 3.05) is 20.2 Å². The molecular formula is C23H29ClN2O4S. The van der Waals surface area contributed by atoms with Gasteiger partial charge in [-0.1, -0.05) is 42.8 Å². The van der Waals surface area contributed by atoms with Crippen LogP contribution in [0.25, 0.3) is 0 Å². The molecule has 168 valence electrons. The van der Waals surface area contributed by atoms with Gasteiger partial charge in [0, 0.05) is 24.0 Å². The van der Waals surface area contributed by atoms with Crippen LogP contribution in [0.15, 0.2) is 48.5 Å². The highest BCUT2D eigenvalue weighted by Gasteiger charge is 2.31. The number of methoxy groups -OCH3 is 1. The summed E-state index contributed by atoms with van der Waals surface area (Å²) in [5.41, 5.74) is 1.73. The van der Waals surface area contributed by atoms with Crippen molar-refractivity contribution in [1.29, 1.82) is 0 Å². The Morgan fingerprint density at radius 3 is 2.29 bits per heavy atom. The van der Waals surface area contributed by atoms with Crippen molar-refractivity contribution >= 4 is 27.5 Å². The molecule has 2 aromatic rings. The highest BCUT2D eigenvalue weighted by Crippen LogP contribution is 2.25. The Kier molecular flexibility index (Phi) is 7.97. The summed E-state index contributed by atoms with van der Waals surface area (Å²) in [7, 11) is -1.81. The lowest BCUT2D eigenvalue weighted by molar-refractivity contribution is -0.126. The quantitative estimate of drug-likeness (QED) is 0.636. The fraction of sp³-hybridized carbons (Fsp3) is 0.435. The van der Waals surface area contributed by atoms with Gasteiger partial charge < -0.3 is 10.1 Å². The van der Waals surface area contributed by atoms with Gasteiger partial charge in [0.1, 0.15) is 5.75 Å². The average Bonchev–Trinajstić information content (AvgIpc) is 2.79. The van der Waals surface area contributed by atoms with Gasteiger partial charge in [-0.15, -0.1) is 0 Å². The predicted octanol–water partition coefficient (Wildman–Crippen LogP) is 4.16. The zero-order valence-corrected chi connectivity index (χ0v) is 19.5. The molecule has 1 aliphatic heterocycles. The fourth-order valence-corrected chi connectivity index (χ4v) is 5.51. The maximum absolute atomic E-state index is 12.8. The van der Waals surface area contributed by atoms with Gasteiger partial charge in [0.25, 0.3) is 0 Å². The van der Waals surface area contributed by atoms with Gasteiger partial charge in [0.05, 0.1) is 18.9 Å². The lowest BCUT2D eigenvalue weighted by Crippen LogP contribution is -2.44. The minimum atomic E-state index is -3.43. The monoisotopic (exact) mass is 464 g/mol. The van der Waals surface area contributed by atoms with Gasteiger partial charge in [-0.25, -0.2) is 12.7 Å². The van der Waals surface area contributed by atoms with Crippen LogP contribution >= 0.6 is 11.6 Å². The molecule has 1 N–H and O–H groups in total. The van der Waals surface area contributed by atoms with Gasteiger partial charge in [-0.3, -0.25) is 4.79 Å². The van der Waals surface area contributed by atoms with Gasteiger partial charge in [-0.2, -0.15) is 0 Å². The van der Waals surface area contributed by atoms with E-state index in [0.717, 1.165) is 17.7 Å². The molecule has 0 saturated carbocycles. The average molecular weight is 465 g/mol. The second-order valence-corrected chi connectivity index (χ2v) is 10.2. The number of carbonyl (C=O) groups excluding carboxylic acids is 1. The molecule has 1 amide bonds. The Morgan fingerprint density at radius 2 is 1.74 bits per heavy atom. The Hall–Kier alpha value is -2.09. The van der Waals surface area contributed by atoms with E-state index in [9.17, 15) is 13.2 Å². The number of carbonyl (C=O) groups is 1. The van der Waals surface area contributed by atoms with Crippen molar-refractivity contribution < 1.29 is 17.9 Å². The lowest BCUT2D eigenvalue weighted by Gasteiger charge is -2.31. The normalized spacial score (nSPS) is 16.6. The van der Waals surface area contributed by atoms with E-state index >= 15 is 0 Å². The van der Waals surface area contributed by atoms with Gasteiger partial charge in [-0.05, 0) is 54.7 Å². The topological polar surface area (TPSA) is 75.7 Å². The summed E-state index contributed by atoms with van der Waals surface area (Å²) in [4.78, 5) is 12.8. The van der Waals surface area contributed by atoms with E-state index < -0.39 is 10.0 Å². The summed E-state index contributed by atoms with van der Waals surface area (Å²) in [6, 6.07) is 14.4. The number of amides is 1. The predicted molar refractivity (Wildman–Crippen MR) is 123 cm³/mol. The molecule has 0 bridgehead atoms. The summed E-state index contributed by atoms with van der Waals surface area (Å²) in [6.45, 7) is 2.74. The van der Waals surface area contributed by atoms with Crippen molar-refractivity contribution in [3.05, 3.63) is 64.7 Å². The molecule has 0 unspecified atom stereocenters. The molecule has 31 heavy (non-hydrogen) atoms. The molecule has 0 spiro atoms. The first-order valence-corrected chi connectivity index (χ1v) is 12.5. The molecule has 1 heterocycles. The van der Waals surface area contributed by atoms with Crippen LogP contribution in [0.2, 0.25) is 5.02 Å².